The summed E-state index contributed by atoms with van der Waals surface area (Å²) in [6.45, 7) is 3.09. The zero-order valence-corrected chi connectivity index (χ0v) is 13.2. The van der Waals surface area contributed by atoms with E-state index < -0.39 is 6.61 Å². The van der Waals surface area contributed by atoms with Gasteiger partial charge in [-0.05, 0) is 19.9 Å². The van der Waals surface area contributed by atoms with E-state index in [0.29, 0.717) is 31.2 Å². The molecule has 0 unspecified atom stereocenters. The summed E-state index contributed by atoms with van der Waals surface area (Å²) < 4.78 is 34.4. The van der Waals surface area contributed by atoms with Crippen molar-refractivity contribution in [1.29, 1.82) is 0 Å². The van der Waals surface area contributed by atoms with Gasteiger partial charge in [-0.15, -0.1) is 0 Å². The molecule has 0 bridgehead atoms. The largest absolute Gasteiger partial charge is 0.434 e. The number of aryl methyl sites for hydroxylation is 1. The number of ether oxygens (including phenoxy) is 2. The lowest BCUT2D eigenvalue weighted by atomic mass is 10.1. The third-order valence-electron chi connectivity index (χ3n) is 2.78. The Balaban J connectivity index is 2.80. The number of nitrogens with zero attached hydrogens (tertiary/aromatic N) is 1. The molecule has 2 N–H and O–H groups in total. The minimum atomic E-state index is -2.85. The quantitative estimate of drug-likeness (QED) is 0.439. The molecule has 0 saturated heterocycles. The highest BCUT2D eigenvalue weighted by molar-refractivity contribution is 5.79. The van der Waals surface area contributed by atoms with Crippen LogP contribution in [0.25, 0.3) is 0 Å². The standard InChI is InChI=1S/C15H23F2N3O2/c1-4-18-15(19-7-8-21-3)20-10-12-9-11(2)5-6-13(12)22-14(16)17/h5-6,9,14H,4,7-8,10H2,1-3H3,(H2,18,19,20). The van der Waals surface area contributed by atoms with Crippen LogP contribution < -0.4 is 15.4 Å². The van der Waals surface area contributed by atoms with Gasteiger partial charge in [0.25, 0.3) is 0 Å². The topological polar surface area (TPSA) is 54.9 Å². The number of alkyl halides is 2. The Morgan fingerprint density at radius 2 is 2.09 bits per heavy atom. The second-order valence-electron chi connectivity index (χ2n) is 4.60. The average molecular weight is 315 g/mol. The Hall–Kier alpha value is -1.89. The molecule has 1 rings (SSSR count). The number of hydrogen-bond donors (Lipinski definition) is 2. The molecule has 0 aliphatic rings. The molecule has 5 nitrogen and oxygen atoms in total. The van der Waals surface area contributed by atoms with E-state index in [9.17, 15) is 8.78 Å². The van der Waals surface area contributed by atoms with Gasteiger partial charge >= 0.3 is 6.61 Å². The fourth-order valence-corrected chi connectivity index (χ4v) is 1.82. The highest BCUT2D eigenvalue weighted by atomic mass is 19.3. The van der Waals surface area contributed by atoms with Crippen LogP contribution in [-0.4, -0.2) is 39.4 Å². The second kappa shape index (κ2) is 9.94. The molecule has 0 atom stereocenters. The molecule has 0 amide bonds. The number of hydrogen-bond acceptors (Lipinski definition) is 3. The number of halogens is 2. The first-order valence-electron chi connectivity index (χ1n) is 7.12. The van der Waals surface area contributed by atoms with E-state index in [-0.39, 0.29) is 12.3 Å². The number of aliphatic imine (C=N–C) groups is 1. The predicted octanol–water partition coefficient (Wildman–Crippen LogP) is 2.30. The Morgan fingerprint density at radius 3 is 2.73 bits per heavy atom. The van der Waals surface area contributed by atoms with Crippen LogP contribution in [0.3, 0.4) is 0 Å². The van der Waals surface area contributed by atoms with Crippen molar-refractivity contribution in [2.75, 3.05) is 26.8 Å². The van der Waals surface area contributed by atoms with Crippen molar-refractivity contribution in [1.82, 2.24) is 10.6 Å². The van der Waals surface area contributed by atoms with E-state index in [1.807, 2.05) is 13.8 Å². The molecule has 0 aliphatic carbocycles. The summed E-state index contributed by atoms with van der Waals surface area (Å²) in [5, 5.41) is 6.17. The highest BCUT2D eigenvalue weighted by Gasteiger charge is 2.10. The van der Waals surface area contributed by atoms with Gasteiger partial charge in [0.05, 0.1) is 13.2 Å². The van der Waals surface area contributed by atoms with E-state index >= 15 is 0 Å². The Bertz CT molecular complexity index is 482. The molecule has 0 radical (unpaired) electrons. The third kappa shape index (κ3) is 6.71. The first-order valence-corrected chi connectivity index (χ1v) is 7.12. The SMILES string of the molecule is CCNC(=NCc1cc(C)ccc1OC(F)F)NCCOC. The molecular weight excluding hydrogens is 292 g/mol. The lowest BCUT2D eigenvalue weighted by molar-refractivity contribution is -0.0504. The zero-order valence-electron chi connectivity index (χ0n) is 13.2. The van der Waals surface area contributed by atoms with Crippen LogP contribution in [0.15, 0.2) is 23.2 Å². The Morgan fingerprint density at radius 1 is 1.32 bits per heavy atom. The van der Waals surface area contributed by atoms with Gasteiger partial charge in [0, 0.05) is 25.8 Å². The van der Waals surface area contributed by atoms with Gasteiger partial charge < -0.3 is 20.1 Å². The molecule has 124 valence electrons. The fraction of sp³-hybridized carbons (Fsp3) is 0.533. The summed E-state index contributed by atoms with van der Waals surface area (Å²) in [4.78, 5) is 4.38. The number of benzene rings is 1. The number of methoxy groups -OCH3 is 1. The van der Waals surface area contributed by atoms with Gasteiger partial charge in [-0.25, -0.2) is 4.99 Å². The molecular formula is C15H23F2N3O2. The number of nitrogens with one attached hydrogen (secondary N) is 2. The maximum Gasteiger partial charge on any atom is 0.387 e. The summed E-state index contributed by atoms with van der Waals surface area (Å²) >= 11 is 0. The predicted molar refractivity (Wildman–Crippen MR) is 82.5 cm³/mol. The molecule has 1 aromatic carbocycles. The van der Waals surface area contributed by atoms with Crippen molar-refractivity contribution in [2.24, 2.45) is 4.99 Å². The Labute approximate surface area is 129 Å². The Kier molecular flexibility index (Phi) is 8.21. The van der Waals surface area contributed by atoms with Gasteiger partial charge in [0.15, 0.2) is 5.96 Å². The van der Waals surface area contributed by atoms with E-state index in [1.54, 1.807) is 19.2 Å². The van der Waals surface area contributed by atoms with Gasteiger partial charge in [-0.3, -0.25) is 0 Å². The van der Waals surface area contributed by atoms with Crippen LogP contribution in [0.4, 0.5) is 8.78 Å². The molecule has 0 fully saturated rings. The van der Waals surface area contributed by atoms with E-state index in [1.165, 1.54) is 6.07 Å². The second-order valence-corrected chi connectivity index (χ2v) is 4.60. The van der Waals surface area contributed by atoms with Crippen LogP contribution in [0.5, 0.6) is 5.75 Å². The van der Waals surface area contributed by atoms with Gasteiger partial charge in [0.2, 0.25) is 0 Å². The first-order chi connectivity index (χ1) is 10.6. The lowest BCUT2D eigenvalue weighted by Crippen LogP contribution is -2.38. The first kappa shape index (κ1) is 18.2. The molecule has 0 spiro atoms. The molecule has 0 aliphatic heterocycles. The molecule has 7 heteroatoms. The smallest absolute Gasteiger partial charge is 0.387 e. The summed E-state index contributed by atoms with van der Waals surface area (Å²) in [6.07, 6.45) is 0. The van der Waals surface area contributed by atoms with Crippen LogP contribution in [0, 0.1) is 6.92 Å². The zero-order chi connectivity index (χ0) is 16.4. The van der Waals surface area contributed by atoms with E-state index in [2.05, 4.69) is 20.4 Å². The van der Waals surface area contributed by atoms with Crippen LogP contribution in [0.2, 0.25) is 0 Å². The van der Waals surface area contributed by atoms with Gasteiger partial charge in [0.1, 0.15) is 5.75 Å². The molecule has 0 heterocycles. The average Bonchev–Trinajstić information content (AvgIpc) is 2.47. The maximum atomic E-state index is 12.4. The molecule has 0 aromatic heterocycles. The third-order valence-corrected chi connectivity index (χ3v) is 2.78. The van der Waals surface area contributed by atoms with Crippen LogP contribution in [-0.2, 0) is 11.3 Å². The summed E-state index contributed by atoms with van der Waals surface area (Å²) in [5.41, 5.74) is 1.58. The van der Waals surface area contributed by atoms with Crippen molar-refractivity contribution in [3.8, 4) is 5.75 Å². The van der Waals surface area contributed by atoms with E-state index in [0.717, 1.165) is 5.56 Å². The van der Waals surface area contributed by atoms with Crippen molar-refractivity contribution >= 4 is 5.96 Å². The minimum absolute atomic E-state index is 0.150. The highest BCUT2D eigenvalue weighted by Crippen LogP contribution is 2.22. The van der Waals surface area contributed by atoms with Gasteiger partial charge in [-0.1, -0.05) is 17.7 Å². The fourth-order valence-electron chi connectivity index (χ4n) is 1.82. The monoisotopic (exact) mass is 315 g/mol. The number of guanidine groups is 1. The molecule has 0 saturated carbocycles. The van der Waals surface area contributed by atoms with E-state index in [4.69, 9.17) is 4.74 Å². The minimum Gasteiger partial charge on any atom is -0.434 e. The summed E-state index contributed by atoms with van der Waals surface area (Å²) in [5.74, 6) is 0.751. The van der Waals surface area contributed by atoms with Crippen LogP contribution in [0.1, 0.15) is 18.1 Å². The summed E-state index contributed by atoms with van der Waals surface area (Å²) in [7, 11) is 1.62. The van der Waals surface area contributed by atoms with Crippen molar-refractivity contribution in [3.05, 3.63) is 29.3 Å². The van der Waals surface area contributed by atoms with Crippen molar-refractivity contribution in [3.63, 3.8) is 0 Å². The normalized spacial score (nSPS) is 11.6. The van der Waals surface area contributed by atoms with Crippen molar-refractivity contribution < 1.29 is 18.3 Å². The summed E-state index contributed by atoms with van der Waals surface area (Å²) in [6, 6.07) is 5.06. The molecule has 1 aromatic rings. The lowest BCUT2D eigenvalue weighted by Gasteiger charge is -2.13. The van der Waals surface area contributed by atoms with Crippen molar-refractivity contribution in [2.45, 2.75) is 27.0 Å². The van der Waals surface area contributed by atoms with Crippen LogP contribution >= 0.6 is 0 Å². The maximum absolute atomic E-state index is 12.4. The number of rotatable bonds is 8. The van der Waals surface area contributed by atoms with Gasteiger partial charge in [-0.2, -0.15) is 8.78 Å². The molecule has 22 heavy (non-hydrogen) atoms.